The van der Waals surface area contributed by atoms with Crippen LogP contribution in [0.5, 0.6) is 0 Å². The SMILES string of the molecule is COCC1(C(=O)Nc2nc(-c3ccc4c(c3)CCCC4)cs2)CCNCC1. The van der Waals surface area contributed by atoms with Crippen molar-refractivity contribution in [3.63, 3.8) is 0 Å². The lowest BCUT2D eigenvalue weighted by Crippen LogP contribution is -2.47. The molecule has 2 N–H and O–H groups in total. The van der Waals surface area contributed by atoms with Crippen molar-refractivity contribution in [2.24, 2.45) is 5.41 Å². The zero-order valence-corrected chi connectivity index (χ0v) is 16.7. The van der Waals surface area contributed by atoms with Crippen LogP contribution in [0.1, 0.15) is 36.8 Å². The molecule has 1 saturated heterocycles. The summed E-state index contributed by atoms with van der Waals surface area (Å²) in [5.41, 5.74) is 4.54. The number of nitrogens with zero attached hydrogens (tertiary/aromatic N) is 1. The Morgan fingerprint density at radius 1 is 1.26 bits per heavy atom. The molecule has 2 aromatic rings. The zero-order valence-electron chi connectivity index (χ0n) is 15.8. The van der Waals surface area contributed by atoms with Gasteiger partial charge in [0.15, 0.2) is 5.13 Å². The lowest BCUT2D eigenvalue weighted by molar-refractivity contribution is -0.130. The lowest BCUT2D eigenvalue weighted by Gasteiger charge is -2.35. The van der Waals surface area contributed by atoms with Gasteiger partial charge in [-0.2, -0.15) is 0 Å². The molecule has 0 saturated carbocycles. The fourth-order valence-corrected chi connectivity index (χ4v) is 4.92. The van der Waals surface area contributed by atoms with Crippen molar-refractivity contribution in [3.8, 4) is 11.3 Å². The third-order valence-corrected chi connectivity index (χ3v) is 6.59. The zero-order chi connectivity index (χ0) is 18.7. The van der Waals surface area contributed by atoms with E-state index in [1.807, 2.05) is 5.38 Å². The van der Waals surface area contributed by atoms with Crippen LogP contribution in [0.15, 0.2) is 23.6 Å². The normalized spacial score (nSPS) is 18.7. The lowest BCUT2D eigenvalue weighted by atomic mass is 9.79. The molecule has 1 aliphatic carbocycles. The van der Waals surface area contributed by atoms with Crippen LogP contribution in [0.2, 0.25) is 0 Å². The topological polar surface area (TPSA) is 63.2 Å². The van der Waals surface area contributed by atoms with Crippen LogP contribution in [-0.2, 0) is 22.4 Å². The third-order valence-electron chi connectivity index (χ3n) is 5.83. The summed E-state index contributed by atoms with van der Waals surface area (Å²) in [7, 11) is 1.66. The van der Waals surface area contributed by atoms with Gasteiger partial charge in [-0.1, -0.05) is 12.1 Å². The van der Waals surface area contributed by atoms with Crippen molar-refractivity contribution in [1.29, 1.82) is 0 Å². The van der Waals surface area contributed by atoms with E-state index in [0.29, 0.717) is 11.7 Å². The number of fused-ring (bicyclic) bond motifs is 1. The van der Waals surface area contributed by atoms with Gasteiger partial charge in [0.05, 0.1) is 17.7 Å². The Bertz CT molecular complexity index is 806. The number of amides is 1. The molecule has 0 unspecified atom stereocenters. The first-order valence-electron chi connectivity index (χ1n) is 9.79. The Balaban J connectivity index is 1.50. The van der Waals surface area contributed by atoms with Gasteiger partial charge in [-0.3, -0.25) is 4.79 Å². The Morgan fingerprint density at radius 3 is 2.81 bits per heavy atom. The van der Waals surface area contributed by atoms with Crippen molar-refractivity contribution >= 4 is 22.4 Å². The Hall–Kier alpha value is -1.76. The predicted octanol–water partition coefficient (Wildman–Crippen LogP) is 3.64. The van der Waals surface area contributed by atoms with Crippen molar-refractivity contribution in [2.45, 2.75) is 38.5 Å². The number of aromatic nitrogens is 1. The summed E-state index contributed by atoms with van der Waals surface area (Å²) in [4.78, 5) is 17.7. The predicted molar refractivity (Wildman–Crippen MR) is 109 cm³/mol. The maximum absolute atomic E-state index is 13.0. The number of carbonyl (C=O) groups is 1. The van der Waals surface area contributed by atoms with Gasteiger partial charge in [0, 0.05) is 18.1 Å². The van der Waals surface area contributed by atoms with Crippen LogP contribution in [-0.4, -0.2) is 37.7 Å². The van der Waals surface area contributed by atoms with Crippen molar-refractivity contribution in [3.05, 3.63) is 34.7 Å². The molecule has 6 heteroatoms. The van der Waals surface area contributed by atoms with E-state index in [1.165, 1.54) is 41.7 Å². The highest BCUT2D eigenvalue weighted by Gasteiger charge is 2.40. The number of hydrogen-bond acceptors (Lipinski definition) is 5. The fraction of sp³-hybridized carbons (Fsp3) is 0.524. The van der Waals surface area contributed by atoms with Crippen LogP contribution in [0, 0.1) is 5.41 Å². The van der Waals surface area contributed by atoms with Crippen LogP contribution >= 0.6 is 11.3 Å². The van der Waals surface area contributed by atoms with Gasteiger partial charge in [0.25, 0.3) is 0 Å². The van der Waals surface area contributed by atoms with E-state index in [9.17, 15) is 4.79 Å². The number of rotatable bonds is 5. The highest BCUT2D eigenvalue weighted by atomic mass is 32.1. The smallest absolute Gasteiger partial charge is 0.234 e. The van der Waals surface area contributed by atoms with E-state index in [-0.39, 0.29) is 5.91 Å². The average Bonchev–Trinajstić information content (AvgIpc) is 3.17. The molecule has 4 rings (SSSR count). The Morgan fingerprint density at radius 2 is 2.04 bits per heavy atom. The van der Waals surface area contributed by atoms with Gasteiger partial charge in [0.1, 0.15) is 0 Å². The van der Waals surface area contributed by atoms with Gasteiger partial charge in [-0.25, -0.2) is 4.98 Å². The number of hydrogen-bond donors (Lipinski definition) is 2. The van der Waals surface area contributed by atoms with Crippen LogP contribution in [0.4, 0.5) is 5.13 Å². The summed E-state index contributed by atoms with van der Waals surface area (Å²) in [6, 6.07) is 6.67. The van der Waals surface area contributed by atoms with Crippen LogP contribution in [0.25, 0.3) is 11.3 Å². The fourth-order valence-electron chi connectivity index (χ4n) is 4.20. The van der Waals surface area contributed by atoms with E-state index in [4.69, 9.17) is 4.74 Å². The second kappa shape index (κ2) is 8.09. The number of thiazole rings is 1. The Kier molecular flexibility index (Phi) is 5.57. The highest BCUT2D eigenvalue weighted by Crippen LogP contribution is 2.33. The first-order valence-corrected chi connectivity index (χ1v) is 10.7. The number of aryl methyl sites for hydroxylation is 2. The van der Waals surface area contributed by atoms with E-state index in [2.05, 4.69) is 33.8 Å². The second-order valence-electron chi connectivity index (χ2n) is 7.65. The van der Waals surface area contributed by atoms with Crippen molar-refractivity contribution in [2.75, 3.05) is 32.1 Å². The standard InChI is InChI=1S/C21H27N3O2S/c1-26-14-21(8-10-22-11-9-21)19(25)24-20-23-18(13-27-20)17-7-6-15-4-2-3-5-16(15)12-17/h6-7,12-13,22H,2-5,8-11,14H2,1H3,(H,23,24,25). The summed E-state index contributed by atoms with van der Waals surface area (Å²) >= 11 is 1.49. The summed E-state index contributed by atoms with van der Waals surface area (Å²) in [6.45, 7) is 2.13. The molecule has 1 aromatic heterocycles. The largest absolute Gasteiger partial charge is 0.384 e. The number of anilines is 1. The molecule has 2 heterocycles. The second-order valence-corrected chi connectivity index (χ2v) is 8.50. The number of nitrogens with one attached hydrogen (secondary N) is 2. The molecule has 0 spiro atoms. The van der Waals surface area contributed by atoms with E-state index in [0.717, 1.165) is 43.6 Å². The number of ether oxygens (including phenoxy) is 1. The van der Waals surface area contributed by atoms with Gasteiger partial charge < -0.3 is 15.4 Å². The minimum atomic E-state index is -0.461. The molecule has 144 valence electrons. The maximum Gasteiger partial charge on any atom is 0.234 e. The Labute approximate surface area is 164 Å². The van der Waals surface area contributed by atoms with Gasteiger partial charge in [-0.15, -0.1) is 11.3 Å². The van der Waals surface area contributed by atoms with Crippen molar-refractivity contribution < 1.29 is 9.53 Å². The first kappa shape index (κ1) is 18.6. The van der Waals surface area contributed by atoms with Crippen LogP contribution < -0.4 is 10.6 Å². The molecular formula is C21H27N3O2S. The number of methoxy groups -OCH3 is 1. The average molecular weight is 386 g/mol. The van der Waals surface area contributed by atoms with E-state index < -0.39 is 5.41 Å². The molecule has 5 nitrogen and oxygen atoms in total. The number of benzene rings is 1. The molecule has 0 radical (unpaired) electrons. The first-order chi connectivity index (χ1) is 13.2. The monoisotopic (exact) mass is 385 g/mol. The minimum Gasteiger partial charge on any atom is -0.384 e. The minimum absolute atomic E-state index is 0.0252. The summed E-state index contributed by atoms with van der Waals surface area (Å²) in [6.07, 6.45) is 6.48. The maximum atomic E-state index is 13.0. The molecule has 1 aromatic carbocycles. The van der Waals surface area contributed by atoms with Crippen LogP contribution in [0.3, 0.4) is 0 Å². The molecule has 0 atom stereocenters. The highest BCUT2D eigenvalue weighted by molar-refractivity contribution is 7.14. The summed E-state index contributed by atoms with van der Waals surface area (Å²) in [5, 5.41) is 9.07. The van der Waals surface area contributed by atoms with Gasteiger partial charge in [-0.05, 0) is 68.8 Å². The third kappa shape index (κ3) is 3.93. The molecule has 1 fully saturated rings. The molecule has 2 aliphatic rings. The van der Waals surface area contributed by atoms with Gasteiger partial charge >= 0.3 is 0 Å². The summed E-state index contributed by atoms with van der Waals surface area (Å²) in [5.74, 6) is 0.0252. The van der Waals surface area contributed by atoms with E-state index in [1.54, 1.807) is 7.11 Å². The van der Waals surface area contributed by atoms with Gasteiger partial charge in [0.2, 0.25) is 5.91 Å². The molecule has 27 heavy (non-hydrogen) atoms. The summed E-state index contributed by atoms with van der Waals surface area (Å²) < 4.78 is 5.37. The number of piperidine rings is 1. The van der Waals surface area contributed by atoms with E-state index >= 15 is 0 Å². The molecule has 0 bridgehead atoms. The molecule has 1 amide bonds. The molecular weight excluding hydrogens is 358 g/mol. The van der Waals surface area contributed by atoms with Crippen molar-refractivity contribution in [1.82, 2.24) is 10.3 Å². The number of carbonyl (C=O) groups excluding carboxylic acids is 1. The quantitative estimate of drug-likeness (QED) is 0.825. The molecule has 1 aliphatic heterocycles.